The molecule has 5 aromatic rings. The van der Waals surface area contributed by atoms with E-state index >= 15 is 0 Å². The molecule has 3 aromatic carbocycles. The maximum atomic E-state index is 10.0. The number of aliphatic hydroxyl groups excluding tert-OH is 1. The van der Waals surface area contributed by atoms with Crippen molar-refractivity contribution in [1.82, 2.24) is 4.98 Å². The topological polar surface area (TPSA) is 63.3 Å². The normalized spacial score (nSPS) is 11.9. The van der Waals surface area contributed by atoms with Crippen molar-refractivity contribution in [3.63, 3.8) is 0 Å². The van der Waals surface area contributed by atoms with Crippen molar-refractivity contribution in [2.45, 2.75) is 50.9 Å². The second-order valence-corrected chi connectivity index (χ2v) is 21.5. The molecule has 4 nitrogen and oxygen atoms in total. The molecule has 0 saturated carbocycles. The van der Waals surface area contributed by atoms with Gasteiger partial charge in [-0.25, -0.2) is 0 Å². The third-order valence-electron chi connectivity index (χ3n) is 6.35. The summed E-state index contributed by atoms with van der Waals surface area (Å²) in [5, 5.41) is 13.1. The fourth-order valence-electron chi connectivity index (χ4n) is 4.52. The van der Waals surface area contributed by atoms with E-state index in [2.05, 4.69) is 91.8 Å². The Kier molecular flexibility index (Phi) is 9.40. The fourth-order valence-corrected chi connectivity index (χ4v) is 6.95. The number of benzene rings is 3. The van der Waals surface area contributed by atoms with E-state index in [1.165, 1.54) is 40.7 Å². The Hall–Kier alpha value is -2.73. The van der Waals surface area contributed by atoms with Crippen molar-refractivity contribution >= 4 is 56.2 Å². The van der Waals surface area contributed by atoms with Gasteiger partial charge in [-0.3, -0.25) is 4.79 Å². The van der Waals surface area contributed by atoms with Gasteiger partial charge in [-0.2, -0.15) is 0 Å². The maximum absolute atomic E-state index is 10.0. The van der Waals surface area contributed by atoms with Gasteiger partial charge in [0.2, 0.25) is 0 Å². The predicted octanol–water partition coefficient (Wildman–Crippen LogP) is 8.30. The van der Waals surface area contributed by atoms with Crippen LogP contribution in [0.1, 0.15) is 39.2 Å². The third-order valence-corrected chi connectivity index (χ3v) is 10.6. The Bertz CT molecular complexity index is 1640. The van der Waals surface area contributed by atoms with Gasteiger partial charge in [-0.15, -0.1) is 0 Å². The van der Waals surface area contributed by atoms with Gasteiger partial charge in [0.25, 0.3) is 0 Å². The van der Waals surface area contributed by atoms with Crippen LogP contribution in [0.4, 0.5) is 0 Å². The number of ketones is 1. The van der Waals surface area contributed by atoms with Crippen LogP contribution in [0.15, 0.2) is 77.0 Å². The molecule has 1 radical (unpaired) electrons. The smallest absolute Gasteiger partial charge is 0 e. The van der Waals surface area contributed by atoms with Crippen LogP contribution >= 0.6 is 0 Å². The molecule has 38 heavy (non-hydrogen) atoms. The Morgan fingerprint density at radius 3 is 2.32 bits per heavy atom. The van der Waals surface area contributed by atoms with Crippen molar-refractivity contribution < 1.29 is 34.4 Å². The molecule has 0 saturated heterocycles. The second kappa shape index (κ2) is 12.0. The predicted molar refractivity (Wildman–Crippen MR) is 157 cm³/mol. The van der Waals surface area contributed by atoms with E-state index in [0.717, 1.165) is 33.2 Å². The molecule has 0 aliphatic carbocycles. The molecule has 0 aliphatic heterocycles. The molecular weight excluding hydrogens is 711 g/mol. The zero-order valence-electron chi connectivity index (χ0n) is 23.0. The number of pyridine rings is 1. The van der Waals surface area contributed by atoms with Crippen molar-refractivity contribution in [2.24, 2.45) is 0 Å². The van der Waals surface area contributed by atoms with Crippen molar-refractivity contribution in [2.75, 3.05) is 0 Å². The van der Waals surface area contributed by atoms with Gasteiger partial charge in [0.1, 0.15) is 0 Å². The molecule has 2 aromatic heterocycles. The minimum absolute atomic E-state index is 0. The van der Waals surface area contributed by atoms with E-state index in [1.54, 1.807) is 0 Å². The Balaban J connectivity index is 0.000000444. The standard InChI is InChI=1S/C27H26GeNO.C5H8O2.Ir/c1-17(2)23-15-19(14-18-8-6-7-9-21(18)23)26-27-22(12-13-29-26)24-16-20(28(3,4)5)10-11-25(24)30-27;1-4(6)3-5(2)7;/h6-13,15-17H,1-5H3;3,6H,1-2H3;/q-1;;/b;4-3-;. The molecule has 0 bridgehead atoms. The molecule has 199 valence electrons. The van der Waals surface area contributed by atoms with Gasteiger partial charge in [0, 0.05) is 26.2 Å². The summed E-state index contributed by atoms with van der Waals surface area (Å²) >= 11 is -1.93. The summed E-state index contributed by atoms with van der Waals surface area (Å²) in [6.07, 6.45) is 3.07. The average molecular weight is 745 g/mol. The minimum atomic E-state index is -1.93. The number of carbonyl (C=O) groups excluding carboxylic acids is 1. The van der Waals surface area contributed by atoms with Gasteiger partial charge in [0.05, 0.1) is 5.76 Å². The molecule has 1 N–H and O–H groups in total. The molecule has 2 heterocycles. The number of fused-ring (bicyclic) bond motifs is 4. The largest absolute Gasteiger partial charge is 0 e. The van der Waals surface area contributed by atoms with Gasteiger partial charge < -0.3 is 5.11 Å². The van der Waals surface area contributed by atoms with Gasteiger partial charge >= 0.3 is 180 Å². The number of furan rings is 1. The number of aromatic nitrogens is 1. The number of rotatable bonds is 4. The summed E-state index contributed by atoms with van der Waals surface area (Å²) in [6, 6.07) is 23.1. The quantitative estimate of drug-likeness (QED) is 0.0871. The summed E-state index contributed by atoms with van der Waals surface area (Å²) in [4.78, 5) is 14.8. The molecule has 0 amide bonds. The van der Waals surface area contributed by atoms with Crippen LogP contribution in [0, 0.1) is 6.07 Å². The number of aliphatic hydroxyl groups is 1. The fraction of sp³-hybridized carbons (Fsp3) is 0.250. The first-order valence-electron chi connectivity index (χ1n) is 12.6. The molecule has 5 rings (SSSR count). The molecule has 0 atom stereocenters. The number of allylic oxidation sites excluding steroid dienone is 2. The van der Waals surface area contributed by atoms with E-state index in [4.69, 9.17) is 14.5 Å². The van der Waals surface area contributed by atoms with E-state index in [-0.39, 0.29) is 31.6 Å². The molecule has 0 spiro atoms. The average Bonchev–Trinajstić information content (AvgIpc) is 3.20. The van der Waals surface area contributed by atoms with E-state index in [9.17, 15) is 4.79 Å². The van der Waals surface area contributed by atoms with Crippen LogP contribution in [0.2, 0.25) is 17.3 Å². The van der Waals surface area contributed by atoms with E-state index < -0.39 is 13.3 Å². The molecule has 0 unspecified atom stereocenters. The number of carbonyl (C=O) groups is 1. The Labute approximate surface area is 240 Å². The van der Waals surface area contributed by atoms with Crippen LogP contribution in [-0.4, -0.2) is 29.1 Å². The van der Waals surface area contributed by atoms with Crippen LogP contribution in [0.25, 0.3) is 44.0 Å². The first-order chi connectivity index (χ1) is 17.5. The molecular formula is C32H34GeIrNO3-. The number of hydrogen-bond donors (Lipinski definition) is 1. The monoisotopic (exact) mass is 747 g/mol. The number of nitrogens with zero attached hydrogens (tertiary/aromatic N) is 1. The SMILES string of the molecule is CC(=O)/C=C(/C)O.CC(C)c1cc(-c2nccc3c2oc2cc[c]([Ge]([CH3])([CH3])[CH3])cc23)[c-]c2ccccc12.[Ir]. The third kappa shape index (κ3) is 6.45. The van der Waals surface area contributed by atoms with Crippen LogP contribution in [0.3, 0.4) is 0 Å². The van der Waals surface area contributed by atoms with Gasteiger partial charge in [0.15, 0.2) is 5.78 Å². The second-order valence-electron chi connectivity index (χ2n) is 10.8. The van der Waals surface area contributed by atoms with Gasteiger partial charge in [-0.05, 0) is 13.8 Å². The van der Waals surface area contributed by atoms with Crippen molar-refractivity contribution in [3.05, 3.63) is 84.3 Å². The first-order valence-corrected chi connectivity index (χ1v) is 19.9. The molecule has 0 fully saturated rings. The summed E-state index contributed by atoms with van der Waals surface area (Å²) < 4.78 is 7.85. The van der Waals surface area contributed by atoms with Crippen LogP contribution in [0.5, 0.6) is 0 Å². The minimum Gasteiger partial charge on any atom is 0 e. The van der Waals surface area contributed by atoms with Gasteiger partial charge in [-0.1, -0.05) is 0 Å². The zero-order chi connectivity index (χ0) is 26.9. The number of hydrogen-bond acceptors (Lipinski definition) is 4. The zero-order valence-corrected chi connectivity index (χ0v) is 27.5. The summed E-state index contributed by atoms with van der Waals surface area (Å²) in [5.74, 6) is 7.63. The maximum Gasteiger partial charge on any atom is 0 e. The summed E-state index contributed by atoms with van der Waals surface area (Å²) in [7, 11) is 0. The van der Waals surface area contributed by atoms with Crippen LogP contribution in [-0.2, 0) is 24.9 Å². The van der Waals surface area contributed by atoms with Crippen molar-refractivity contribution in [3.8, 4) is 11.3 Å². The van der Waals surface area contributed by atoms with E-state index in [0.29, 0.717) is 5.92 Å². The summed E-state index contributed by atoms with van der Waals surface area (Å²) in [6.45, 7) is 7.32. The van der Waals surface area contributed by atoms with Crippen molar-refractivity contribution in [1.29, 1.82) is 0 Å². The summed E-state index contributed by atoms with van der Waals surface area (Å²) in [5.41, 5.74) is 4.97. The van der Waals surface area contributed by atoms with Crippen LogP contribution < -0.4 is 4.40 Å². The Morgan fingerprint density at radius 2 is 1.71 bits per heavy atom. The van der Waals surface area contributed by atoms with E-state index in [1.807, 2.05) is 6.20 Å². The molecule has 0 aliphatic rings. The molecule has 6 heteroatoms. The first kappa shape index (κ1) is 29.8. The Morgan fingerprint density at radius 1 is 1.00 bits per heavy atom.